The standard InChI is InChI=1S/C10H15N3O2/c1-7(2)6-13(3)9-5-11-4-8(12-9)10(14)15/h4-5,7H,6H2,1-3H3,(H,14,15). The lowest BCUT2D eigenvalue weighted by Crippen LogP contribution is -2.24. The number of aromatic carboxylic acids is 1. The van der Waals surface area contributed by atoms with Crippen LogP contribution in [0.4, 0.5) is 5.82 Å². The van der Waals surface area contributed by atoms with E-state index in [0.717, 1.165) is 6.54 Å². The molecule has 0 spiro atoms. The molecule has 1 heterocycles. The first-order valence-corrected chi connectivity index (χ1v) is 4.77. The fourth-order valence-corrected chi connectivity index (χ4v) is 1.28. The van der Waals surface area contributed by atoms with Crippen LogP contribution >= 0.6 is 0 Å². The monoisotopic (exact) mass is 209 g/mol. The van der Waals surface area contributed by atoms with Gasteiger partial charge >= 0.3 is 5.97 Å². The maximum Gasteiger partial charge on any atom is 0.356 e. The van der Waals surface area contributed by atoms with Crippen LogP contribution in [-0.4, -0.2) is 34.6 Å². The molecular formula is C10H15N3O2. The van der Waals surface area contributed by atoms with Gasteiger partial charge in [0.15, 0.2) is 5.69 Å². The molecule has 1 rings (SSSR count). The third kappa shape index (κ3) is 3.19. The summed E-state index contributed by atoms with van der Waals surface area (Å²) >= 11 is 0. The van der Waals surface area contributed by atoms with Crippen molar-refractivity contribution < 1.29 is 9.90 Å². The number of rotatable bonds is 4. The smallest absolute Gasteiger partial charge is 0.356 e. The highest BCUT2D eigenvalue weighted by molar-refractivity contribution is 5.85. The molecule has 0 unspecified atom stereocenters. The van der Waals surface area contributed by atoms with E-state index in [9.17, 15) is 4.79 Å². The fourth-order valence-electron chi connectivity index (χ4n) is 1.28. The van der Waals surface area contributed by atoms with Crippen molar-refractivity contribution in [1.82, 2.24) is 9.97 Å². The number of carboxylic acid groups (broad SMARTS) is 1. The zero-order valence-electron chi connectivity index (χ0n) is 9.14. The van der Waals surface area contributed by atoms with Crippen molar-refractivity contribution in [2.45, 2.75) is 13.8 Å². The molecule has 0 saturated heterocycles. The lowest BCUT2D eigenvalue weighted by atomic mass is 10.2. The fraction of sp³-hybridized carbons (Fsp3) is 0.500. The van der Waals surface area contributed by atoms with Crippen LogP contribution in [0.25, 0.3) is 0 Å². The van der Waals surface area contributed by atoms with Crippen LogP contribution < -0.4 is 4.90 Å². The van der Waals surface area contributed by atoms with E-state index in [-0.39, 0.29) is 5.69 Å². The quantitative estimate of drug-likeness (QED) is 0.808. The van der Waals surface area contributed by atoms with E-state index >= 15 is 0 Å². The molecule has 1 aromatic rings. The SMILES string of the molecule is CC(C)CN(C)c1cncc(C(=O)O)n1. The first kappa shape index (κ1) is 11.4. The second kappa shape index (κ2) is 4.72. The summed E-state index contributed by atoms with van der Waals surface area (Å²) in [6.07, 6.45) is 2.81. The molecule has 0 aliphatic rings. The Morgan fingerprint density at radius 3 is 2.73 bits per heavy atom. The van der Waals surface area contributed by atoms with Gasteiger partial charge in [0.25, 0.3) is 0 Å². The minimum absolute atomic E-state index is 0.0249. The van der Waals surface area contributed by atoms with Crippen molar-refractivity contribution in [3.05, 3.63) is 18.1 Å². The summed E-state index contributed by atoms with van der Waals surface area (Å²) in [7, 11) is 1.87. The average Bonchev–Trinajstić information content (AvgIpc) is 2.17. The number of hydrogen-bond acceptors (Lipinski definition) is 4. The minimum Gasteiger partial charge on any atom is -0.476 e. The molecule has 0 fully saturated rings. The van der Waals surface area contributed by atoms with Gasteiger partial charge in [0, 0.05) is 13.6 Å². The summed E-state index contributed by atoms with van der Waals surface area (Å²) in [4.78, 5) is 20.4. The Kier molecular flexibility index (Phi) is 3.60. The van der Waals surface area contributed by atoms with Gasteiger partial charge in [-0.2, -0.15) is 0 Å². The Labute approximate surface area is 88.8 Å². The van der Waals surface area contributed by atoms with Crippen LogP contribution in [0.1, 0.15) is 24.3 Å². The first-order valence-electron chi connectivity index (χ1n) is 4.77. The summed E-state index contributed by atoms with van der Waals surface area (Å²) in [5.41, 5.74) is -0.0249. The van der Waals surface area contributed by atoms with Crippen LogP contribution in [-0.2, 0) is 0 Å². The third-order valence-corrected chi connectivity index (χ3v) is 1.87. The Morgan fingerprint density at radius 1 is 1.53 bits per heavy atom. The highest BCUT2D eigenvalue weighted by Gasteiger charge is 2.09. The van der Waals surface area contributed by atoms with Gasteiger partial charge in [-0.1, -0.05) is 13.8 Å². The maximum atomic E-state index is 10.7. The van der Waals surface area contributed by atoms with Crippen LogP contribution in [0, 0.1) is 5.92 Å². The van der Waals surface area contributed by atoms with Crippen LogP contribution in [0.15, 0.2) is 12.4 Å². The molecular weight excluding hydrogens is 194 g/mol. The normalized spacial score (nSPS) is 10.4. The first-order chi connectivity index (χ1) is 7.00. The molecule has 1 aromatic heterocycles. The second-order valence-corrected chi connectivity index (χ2v) is 3.84. The maximum absolute atomic E-state index is 10.7. The van der Waals surface area contributed by atoms with Gasteiger partial charge in [-0.25, -0.2) is 9.78 Å². The third-order valence-electron chi connectivity index (χ3n) is 1.87. The Balaban J connectivity index is 2.85. The van der Waals surface area contributed by atoms with Crippen molar-refractivity contribution in [3.8, 4) is 0 Å². The zero-order chi connectivity index (χ0) is 11.4. The lowest BCUT2D eigenvalue weighted by Gasteiger charge is -2.19. The van der Waals surface area contributed by atoms with Gasteiger partial charge in [0.05, 0.1) is 12.4 Å². The molecule has 82 valence electrons. The summed E-state index contributed by atoms with van der Waals surface area (Å²) in [6, 6.07) is 0. The zero-order valence-corrected chi connectivity index (χ0v) is 9.14. The molecule has 15 heavy (non-hydrogen) atoms. The van der Waals surface area contributed by atoms with Gasteiger partial charge < -0.3 is 10.0 Å². The number of carboxylic acids is 1. The van der Waals surface area contributed by atoms with E-state index < -0.39 is 5.97 Å². The van der Waals surface area contributed by atoms with E-state index in [1.807, 2.05) is 11.9 Å². The van der Waals surface area contributed by atoms with Crippen molar-refractivity contribution in [3.63, 3.8) is 0 Å². The number of nitrogens with zero attached hydrogens (tertiary/aromatic N) is 3. The van der Waals surface area contributed by atoms with Crippen LogP contribution in [0.2, 0.25) is 0 Å². The molecule has 0 atom stereocenters. The molecule has 0 bridgehead atoms. The van der Waals surface area contributed by atoms with Gasteiger partial charge in [-0.15, -0.1) is 0 Å². The summed E-state index contributed by atoms with van der Waals surface area (Å²) in [6.45, 7) is 4.99. The van der Waals surface area contributed by atoms with E-state index in [1.165, 1.54) is 6.20 Å². The second-order valence-electron chi connectivity index (χ2n) is 3.84. The van der Waals surface area contributed by atoms with Crippen molar-refractivity contribution in [2.75, 3.05) is 18.5 Å². The Morgan fingerprint density at radius 2 is 2.20 bits per heavy atom. The van der Waals surface area contributed by atoms with Gasteiger partial charge in [0.2, 0.25) is 0 Å². The molecule has 0 saturated carbocycles. The highest BCUT2D eigenvalue weighted by Crippen LogP contribution is 2.09. The molecule has 0 radical (unpaired) electrons. The van der Waals surface area contributed by atoms with E-state index in [1.54, 1.807) is 6.20 Å². The van der Waals surface area contributed by atoms with Crippen LogP contribution in [0.3, 0.4) is 0 Å². The van der Waals surface area contributed by atoms with Crippen molar-refractivity contribution in [2.24, 2.45) is 5.92 Å². The predicted molar refractivity (Wildman–Crippen MR) is 57.1 cm³/mol. The topological polar surface area (TPSA) is 66.3 Å². The molecule has 5 nitrogen and oxygen atoms in total. The van der Waals surface area contributed by atoms with Crippen molar-refractivity contribution >= 4 is 11.8 Å². The highest BCUT2D eigenvalue weighted by atomic mass is 16.4. The predicted octanol–water partition coefficient (Wildman–Crippen LogP) is 1.27. The molecule has 1 N–H and O–H groups in total. The number of anilines is 1. The Bertz CT molecular complexity index is 352. The summed E-state index contributed by atoms with van der Waals surface area (Å²) in [5.74, 6) is 0.0242. The average molecular weight is 209 g/mol. The number of aromatic nitrogens is 2. The largest absolute Gasteiger partial charge is 0.476 e. The molecule has 0 amide bonds. The van der Waals surface area contributed by atoms with Gasteiger partial charge in [0.1, 0.15) is 5.82 Å². The Hall–Kier alpha value is -1.65. The van der Waals surface area contributed by atoms with Crippen molar-refractivity contribution in [1.29, 1.82) is 0 Å². The summed E-state index contributed by atoms with van der Waals surface area (Å²) < 4.78 is 0. The van der Waals surface area contributed by atoms with Gasteiger partial charge in [-0.05, 0) is 5.92 Å². The van der Waals surface area contributed by atoms with E-state index in [0.29, 0.717) is 11.7 Å². The van der Waals surface area contributed by atoms with Gasteiger partial charge in [-0.3, -0.25) is 4.98 Å². The summed E-state index contributed by atoms with van der Waals surface area (Å²) in [5, 5.41) is 8.75. The molecule has 5 heteroatoms. The van der Waals surface area contributed by atoms with E-state index in [4.69, 9.17) is 5.11 Å². The molecule has 0 aliphatic carbocycles. The number of hydrogen-bond donors (Lipinski definition) is 1. The number of carbonyl (C=O) groups is 1. The lowest BCUT2D eigenvalue weighted by molar-refractivity contribution is 0.0690. The molecule has 0 aliphatic heterocycles. The van der Waals surface area contributed by atoms with Crippen LogP contribution in [0.5, 0.6) is 0 Å². The van der Waals surface area contributed by atoms with E-state index in [2.05, 4.69) is 23.8 Å². The minimum atomic E-state index is -1.05. The molecule has 0 aromatic carbocycles.